The highest BCUT2D eigenvalue weighted by Crippen LogP contribution is 2.46. The third-order valence-corrected chi connectivity index (χ3v) is 6.88. The molecule has 1 aliphatic rings. The van der Waals surface area contributed by atoms with Crippen LogP contribution in [0, 0.1) is 6.92 Å². The van der Waals surface area contributed by atoms with Crippen LogP contribution >= 0.6 is 23.1 Å². The van der Waals surface area contributed by atoms with Crippen molar-refractivity contribution in [1.82, 2.24) is 9.97 Å². The van der Waals surface area contributed by atoms with Crippen molar-refractivity contribution in [1.29, 1.82) is 0 Å². The predicted octanol–water partition coefficient (Wildman–Crippen LogP) is 4.23. The van der Waals surface area contributed by atoms with Crippen LogP contribution < -0.4 is 4.74 Å². The summed E-state index contributed by atoms with van der Waals surface area (Å²) < 4.78 is 11.1. The van der Waals surface area contributed by atoms with Gasteiger partial charge in [0.1, 0.15) is 22.2 Å². The predicted molar refractivity (Wildman–Crippen MR) is 104 cm³/mol. The fourth-order valence-corrected chi connectivity index (χ4v) is 5.10. The number of fused-ring (bicyclic) bond motifs is 1. The molecule has 26 heavy (non-hydrogen) atoms. The quantitative estimate of drug-likeness (QED) is 0.273. The molecule has 1 saturated heterocycles. The number of thiophene rings is 1. The van der Waals surface area contributed by atoms with E-state index in [0.29, 0.717) is 6.61 Å². The molecular formula is C19H18N2O3S2. The molecule has 3 aromatic rings. The summed E-state index contributed by atoms with van der Waals surface area (Å²) in [5, 5.41) is 1.90. The molecule has 0 saturated carbocycles. The van der Waals surface area contributed by atoms with Gasteiger partial charge in [0, 0.05) is 16.0 Å². The molecule has 134 valence electrons. The molecule has 0 N–H and O–H groups in total. The fourth-order valence-electron chi connectivity index (χ4n) is 2.77. The van der Waals surface area contributed by atoms with Gasteiger partial charge in [-0.25, -0.2) is 9.97 Å². The van der Waals surface area contributed by atoms with Crippen LogP contribution in [-0.4, -0.2) is 35.2 Å². The van der Waals surface area contributed by atoms with Gasteiger partial charge in [-0.05, 0) is 44.2 Å². The summed E-state index contributed by atoms with van der Waals surface area (Å²) in [5.74, 6) is 2.36. The van der Waals surface area contributed by atoms with Gasteiger partial charge in [0.15, 0.2) is 5.78 Å². The zero-order valence-electron chi connectivity index (χ0n) is 14.7. The van der Waals surface area contributed by atoms with Crippen molar-refractivity contribution in [3.05, 3.63) is 45.9 Å². The van der Waals surface area contributed by atoms with Crippen LogP contribution in [0.15, 0.2) is 35.4 Å². The van der Waals surface area contributed by atoms with E-state index in [1.165, 1.54) is 11.3 Å². The van der Waals surface area contributed by atoms with Crippen molar-refractivity contribution in [2.24, 2.45) is 0 Å². The first-order valence-corrected chi connectivity index (χ1v) is 10.0. The van der Waals surface area contributed by atoms with Crippen LogP contribution in [0.5, 0.6) is 5.75 Å². The van der Waals surface area contributed by atoms with Crippen molar-refractivity contribution in [3.8, 4) is 5.75 Å². The molecule has 3 heterocycles. The second kappa shape index (κ2) is 6.64. The topological polar surface area (TPSA) is 64.6 Å². The summed E-state index contributed by atoms with van der Waals surface area (Å²) in [6.07, 6.45) is 0. The summed E-state index contributed by atoms with van der Waals surface area (Å²) in [6.45, 7) is 4.16. The number of Topliss-reactive ketones (excluding diaryl/α,β-unsaturated/α-hetero) is 1. The zero-order chi connectivity index (χ0) is 18.3. The Hall–Kier alpha value is -1.96. The number of ether oxygens (including phenoxy) is 2. The minimum Gasteiger partial charge on any atom is -0.497 e. The molecule has 7 heteroatoms. The normalized spacial score (nSPS) is 18.9. The average Bonchev–Trinajstić information content (AvgIpc) is 3.24. The van der Waals surface area contributed by atoms with E-state index in [4.69, 9.17) is 9.47 Å². The van der Waals surface area contributed by atoms with Gasteiger partial charge >= 0.3 is 0 Å². The van der Waals surface area contributed by atoms with Gasteiger partial charge in [-0.3, -0.25) is 4.79 Å². The molecule has 0 radical (unpaired) electrons. The molecular weight excluding hydrogens is 368 g/mol. The number of methoxy groups -OCH3 is 1. The number of ketones is 1. The Balaban J connectivity index is 1.62. The Bertz CT molecular complexity index is 996. The second-order valence-corrected chi connectivity index (χ2v) is 8.30. The average molecular weight is 386 g/mol. The molecule has 1 aromatic carbocycles. The second-order valence-electron chi connectivity index (χ2n) is 6.25. The van der Waals surface area contributed by atoms with E-state index in [1.807, 2.05) is 37.3 Å². The van der Waals surface area contributed by atoms with Crippen LogP contribution in [-0.2, 0) is 10.3 Å². The summed E-state index contributed by atoms with van der Waals surface area (Å²) in [6, 6.07) is 9.71. The van der Waals surface area contributed by atoms with Gasteiger partial charge in [-0.15, -0.1) is 23.1 Å². The minimum atomic E-state index is -0.312. The number of hydrogen-bond donors (Lipinski definition) is 0. The number of epoxide rings is 1. The number of carbonyl (C=O) groups excluding carboxylic acids is 1. The van der Waals surface area contributed by atoms with Crippen LogP contribution in [0.2, 0.25) is 0 Å². The van der Waals surface area contributed by atoms with Crippen molar-refractivity contribution in [3.63, 3.8) is 0 Å². The van der Waals surface area contributed by atoms with Crippen LogP contribution in [0.25, 0.3) is 10.9 Å². The van der Waals surface area contributed by atoms with E-state index in [1.54, 1.807) is 25.8 Å². The number of carbonyl (C=O) groups is 1. The lowest BCUT2D eigenvalue weighted by molar-refractivity contribution is 0.102. The Morgan fingerprint density at radius 2 is 2.15 bits per heavy atom. The Kier molecular flexibility index (Phi) is 4.46. The number of hydrogen-bond acceptors (Lipinski definition) is 7. The van der Waals surface area contributed by atoms with Gasteiger partial charge in [0.2, 0.25) is 0 Å². The number of thioether (sulfide) groups is 1. The lowest BCUT2D eigenvalue weighted by Gasteiger charge is -2.11. The molecule has 1 aliphatic heterocycles. The zero-order valence-corrected chi connectivity index (χ0v) is 16.4. The molecule has 0 amide bonds. The van der Waals surface area contributed by atoms with Crippen LogP contribution in [0.4, 0.5) is 0 Å². The molecule has 0 aliphatic carbocycles. The summed E-state index contributed by atoms with van der Waals surface area (Å²) >= 11 is 3.17. The number of aromatic nitrogens is 2. The molecule has 1 fully saturated rings. The van der Waals surface area contributed by atoms with E-state index in [0.717, 1.165) is 43.0 Å². The molecule has 5 nitrogen and oxygen atoms in total. The maximum Gasteiger partial charge on any atom is 0.169 e. The van der Waals surface area contributed by atoms with E-state index in [9.17, 15) is 4.79 Å². The van der Waals surface area contributed by atoms with Crippen LogP contribution in [0.1, 0.15) is 27.3 Å². The van der Waals surface area contributed by atoms with E-state index in [2.05, 4.69) is 9.97 Å². The highest BCUT2D eigenvalue weighted by atomic mass is 32.2. The highest BCUT2D eigenvalue weighted by molar-refractivity contribution is 7.99. The number of nitrogens with zero attached hydrogens (tertiary/aromatic N) is 2. The Morgan fingerprint density at radius 1 is 1.35 bits per heavy atom. The smallest absolute Gasteiger partial charge is 0.169 e. The maximum atomic E-state index is 11.6. The Morgan fingerprint density at radius 3 is 2.81 bits per heavy atom. The van der Waals surface area contributed by atoms with Crippen LogP contribution in [0.3, 0.4) is 0 Å². The van der Waals surface area contributed by atoms with Crippen molar-refractivity contribution >= 4 is 39.8 Å². The molecule has 1 unspecified atom stereocenters. The Labute approximate surface area is 159 Å². The van der Waals surface area contributed by atoms with Gasteiger partial charge < -0.3 is 9.47 Å². The monoisotopic (exact) mass is 386 g/mol. The molecule has 0 spiro atoms. The number of rotatable bonds is 6. The lowest BCUT2D eigenvalue weighted by atomic mass is 10.1. The van der Waals surface area contributed by atoms with Gasteiger partial charge in [0.05, 0.1) is 24.1 Å². The van der Waals surface area contributed by atoms with E-state index < -0.39 is 0 Å². The highest BCUT2D eigenvalue weighted by Gasteiger charge is 2.48. The first-order chi connectivity index (χ1) is 12.5. The number of aryl methyl sites for hydroxylation is 1. The largest absolute Gasteiger partial charge is 0.497 e. The van der Waals surface area contributed by atoms with Crippen molar-refractivity contribution in [2.45, 2.75) is 24.5 Å². The molecule has 4 rings (SSSR count). The minimum absolute atomic E-state index is 0.0919. The standard InChI is InChI=1S/C19H18N2O3S2/c1-11(22)16-6-7-17(26-16)19(9-24-19)10-25-18-14-8-13(23-3)4-5-15(14)20-12(2)21-18/h4-8H,9-10H2,1-3H3. The molecule has 1 atom stereocenters. The third-order valence-electron chi connectivity index (χ3n) is 4.32. The number of benzene rings is 1. The van der Waals surface area contributed by atoms with Crippen molar-refractivity contribution in [2.75, 3.05) is 19.5 Å². The summed E-state index contributed by atoms with van der Waals surface area (Å²) in [5.41, 5.74) is 0.592. The maximum absolute atomic E-state index is 11.6. The first-order valence-electron chi connectivity index (χ1n) is 8.21. The summed E-state index contributed by atoms with van der Waals surface area (Å²) in [4.78, 5) is 22.6. The molecule has 0 bridgehead atoms. The third kappa shape index (κ3) is 3.22. The van der Waals surface area contributed by atoms with Gasteiger partial charge in [0.25, 0.3) is 0 Å². The van der Waals surface area contributed by atoms with Gasteiger partial charge in [-0.1, -0.05) is 0 Å². The van der Waals surface area contributed by atoms with E-state index >= 15 is 0 Å². The first kappa shape index (κ1) is 17.5. The lowest BCUT2D eigenvalue weighted by Crippen LogP contribution is -2.10. The van der Waals surface area contributed by atoms with E-state index in [-0.39, 0.29) is 11.4 Å². The summed E-state index contributed by atoms with van der Waals surface area (Å²) in [7, 11) is 1.65. The fraction of sp³-hybridized carbons (Fsp3) is 0.316. The SMILES string of the molecule is COc1ccc2nc(C)nc(SCC3(c4ccc(C(C)=O)s4)CO3)c2c1. The molecule has 2 aromatic heterocycles. The van der Waals surface area contributed by atoms with Crippen molar-refractivity contribution < 1.29 is 14.3 Å². The van der Waals surface area contributed by atoms with Gasteiger partial charge in [-0.2, -0.15) is 0 Å².